The fourth-order valence-electron chi connectivity index (χ4n) is 2.57. The average Bonchev–Trinajstić information content (AvgIpc) is 2.92. The molecule has 20 heavy (non-hydrogen) atoms. The van der Waals surface area contributed by atoms with Crippen LogP contribution >= 0.6 is 11.6 Å². The molecule has 1 aromatic carbocycles. The molecule has 0 bridgehead atoms. The molecule has 3 rings (SSSR count). The molecule has 0 spiro atoms. The van der Waals surface area contributed by atoms with Crippen LogP contribution in [0.5, 0.6) is 0 Å². The normalized spacial score (nSPS) is 29.6. The van der Waals surface area contributed by atoms with Gasteiger partial charge in [-0.25, -0.2) is 17.5 Å². The molecule has 2 fully saturated rings. The maximum atomic E-state index is 13.8. The van der Waals surface area contributed by atoms with Gasteiger partial charge in [0.2, 0.25) is 10.0 Å². The van der Waals surface area contributed by atoms with E-state index < -0.39 is 15.3 Å². The van der Waals surface area contributed by atoms with Crippen molar-refractivity contribution in [1.29, 1.82) is 0 Å². The van der Waals surface area contributed by atoms with E-state index in [1.165, 1.54) is 6.07 Å². The quantitative estimate of drug-likeness (QED) is 0.924. The first kappa shape index (κ1) is 14.3. The van der Waals surface area contributed by atoms with Gasteiger partial charge in [0.25, 0.3) is 0 Å². The molecule has 0 aromatic heterocycles. The number of hydrogen-bond donors (Lipinski definition) is 1. The Balaban J connectivity index is 1.70. The van der Waals surface area contributed by atoms with Gasteiger partial charge in [0.05, 0.1) is 6.61 Å². The molecule has 1 saturated heterocycles. The van der Waals surface area contributed by atoms with Crippen molar-refractivity contribution >= 4 is 21.6 Å². The largest absolute Gasteiger partial charge is 0.380 e. The van der Waals surface area contributed by atoms with Gasteiger partial charge in [-0.15, -0.1) is 0 Å². The fourth-order valence-corrected chi connectivity index (χ4v) is 4.43. The van der Waals surface area contributed by atoms with Crippen molar-refractivity contribution in [2.24, 2.45) is 0 Å². The third-order valence-corrected chi connectivity index (χ3v) is 6.01. The Labute approximate surface area is 122 Å². The van der Waals surface area contributed by atoms with Crippen LogP contribution < -0.4 is 4.72 Å². The first-order valence-corrected chi connectivity index (χ1v) is 8.44. The molecule has 1 aliphatic carbocycles. The number of ether oxygens (including phenoxy) is 1. The van der Waals surface area contributed by atoms with Gasteiger partial charge in [0.1, 0.15) is 11.1 Å². The highest BCUT2D eigenvalue weighted by Crippen LogP contribution is 2.45. The van der Waals surface area contributed by atoms with Gasteiger partial charge in [-0.3, -0.25) is 0 Å². The van der Waals surface area contributed by atoms with E-state index in [2.05, 4.69) is 4.72 Å². The zero-order chi connectivity index (χ0) is 14.3. The van der Waals surface area contributed by atoms with Crippen LogP contribution in [0, 0.1) is 5.82 Å². The van der Waals surface area contributed by atoms with Crippen LogP contribution in [0.4, 0.5) is 4.39 Å². The van der Waals surface area contributed by atoms with E-state index >= 15 is 0 Å². The zero-order valence-electron chi connectivity index (χ0n) is 10.7. The third-order valence-electron chi connectivity index (χ3n) is 3.80. The number of rotatable bonds is 4. The lowest BCUT2D eigenvalue weighted by Crippen LogP contribution is -2.36. The Kier molecular flexibility index (Phi) is 3.75. The summed E-state index contributed by atoms with van der Waals surface area (Å²) in [7, 11) is -3.40. The standard InChI is InChI=1S/C13H15ClFNO3S/c14-10-2-1-3-11(15)13(10)9-6-12(9)16-20(17,18)8-4-5-19-7-8/h1-3,8-9,12,16H,4-7H2/t8?,9-,12-/m1/s1. The number of nitrogens with one attached hydrogen (secondary N) is 1. The van der Waals surface area contributed by atoms with Crippen molar-refractivity contribution in [3.05, 3.63) is 34.6 Å². The summed E-state index contributed by atoms with van der Waals surface area (Å²) in [5.74, 6) is -0.561. The van der Waals surface area contributed by atoms with Gasteiger partial charge in [0, 0.05) is 29.2 Å². The summed E-state index contributed by atoms with van der Waals surface area (Å²) < 4.78 is 45.7. The van der Waals surface area contributed by atoms with E-state index in [0.29, 0.717) is 30.0 Å². The van der Waals surface area contributed by atoms with E-state index in [-0.39, 0.29) is 24.4 Å². The molecular weight excluding hydrogens is 305 g/mol. The van der Waals surface area contributed by atoms with Crippen LogP contribution in [0.25, 0.3) is 0 Å². The summed E-state index contributed by atoms with van der Waals surface area (Å²) in [5, 5.41) is -0.152. The number of hydrogen-bond acceptors (Lipinski definition) is 3. The van der Waals surface area contributed by atoms with Crippen molar-refractivity contribution in [2.45, 2.75) is 30.1 Å². The van der Waals surface area contributed by atoms with Crippen LogP contribution in [0.2, 0.25) is 5.02 Å². The van der Waals surface area contributed by atoms with Crippen LogP contribution in [-0.2, 0) is 14.8 Å². The number of benzene rings is 1. The molecule has 0 amide bonds. The predicted octanol–water partition coefficient (Wildman–Crippen LogP) is 2.04. The van der Waals surface area contributed by atoms with Gasteiger partial charge < -0.3 is 4.74 Å². The molecule has 2 aliphatic rings. The van der Waals surface area contributed by atoms with Crippen molar-refractivity contribution in [3.8, 4) is 0 Å². The molecule has 1 unspecified atom stereocenters. The minimum atomic E-state index is -3.40. The van der Waals surface area contributed by atoms with Crippen LogP contribution in [0.3, 0.4) is 0 Å². The minimum Gasteiger partial charge on any atom is -0.380 e. The SMILES string of the molecule is O=S(=O)(N[C@@H]1C[C@H]1c1c(F)cccc1Cl)C1CCOC1. The lowest BCUT2D eigenvalue weighted by molar-refractivity contribution is 0.198. The highest BCUT2D eigenvalue weighted by atomic mass is 35.5. The number of sulfonamides is 1. The smallest absolute Gasteiger partial charge is 0.217 e. The topological polar surface area (TPSA) is 55.4 Å². The molecule has 110 valence electrons. The van der Waals surface area contributed by atoms with E-state index in [9.17, 15) is 12.8 Å². The second kappa shape index (κ2) is 5.26. The summed E-state index contributed by atoms with van der Waals surface area (Å²) in [6.45, 7) is 0.700. The first-order chi connectivity index (χ1) is 9.49. The summed E-state index contributed by atoms with van der Waals surface area (Å²) in [5.41, 5.74) is 0.407. The summed E-state index contributed by atoms with van der Waals surface area (Å²) >= 11 is 5.99. The van der Waals surface area contributed by atoms with Gasteiger partial charge in [-0.1, -0.05) is 17.7 Å². The first-order valence-electron chi connectivity index (χ1n) is 6.52. The summed E-state index contributed by atoms with van der Waals surface area (Å²) in [4.78, 5) is 0. The highest BCUT2D eigenvalue weighted by Gasteiger charge is 2.45. The number of halogens is 2. The Morgan fingerprint density at radius 2 is 2.20 bits per heavy atom. The minimum absolute atomic E-state index is 0.180. The molecule has 4 nitrogen and oxygen atoms in total. The summed E-state index contributed by atoms with van der Waals surface area (Å²) in [6.07, 6.45) is 1.08. The van der Waals surface area contributed by atoms with Gasteiger partial charge >= 0.3 is 0 Å². The van der Waals surface area contributed by atoms with E-state index in [4.69, 9.17) is 16.3 Å². The Bertz CT molecular complexity index is 596. The lowest BCUT2D eigenvalue weighted by Gasteiger charge is -2.11. The van der Waals surface area contributed by atoms with Gasteiger partial charge in [-0.2, -0.15) is 0 Å². The van der Waals surface area contributed by atoms with Crippen molar-refractivity contribution in [1.82, 2.24) is 4.72 Å². The van der Waals surface area contributed by atoms with Crippen molar-refractivity contribution in [2.75, 3.05) is 13.2 Å². The van der Waals surface area contributed by atoms with Crippen LogP contribution in [0.1, 0.15) is 24.3 Å². The molecule has 7 heteroatoms. The second-order valence-electron chi connectivity index (χ2n) is 5.23. The average molecular weight is 320 g/mol. The molecule has 3 atom stereocenters. The molecular formula is C13H15ClFNO3S. The maximum Gasteiger partial charge on any atom is 0.217 e. The molecule has 1 saturated carbocycles. The monoisotopic (exact) mass is 319 g/mol. The Morgan fingerprint density at radius 3 is 2.85 bits per heavy atom. The van der Waals surface area contributed by atoms with Gasteiger partial charge in [-0.05, 0) is 25.0 Å². The second-order valence-corrected chi connectivity index (χ2v) is 7.63. The molecule has 1 N–H and O–H groups in total. The van der Waals surface area contributed by atoms with Crippen molar-refractivity contribution in [3.63, 3.8) is 0 Å². The summed E-state index contributed by atoms with van der Waals surface area (Å²) in [6, 6.07) is 4.23. The predicted molar refractivity (Wildman–Crippen MR) is 73.8 cm³/mol. The van der Waals surface area contributed by atoms with E-state index in [0.717, 1.165) is 0 Å². The van der Waals surface area contributed by atoms with Crippen LogP contribution in [0.15, 0.2) is 18.2 Å². The molecule has 1 aliphatic heterocycles. The highest BCUT2D eigenvalue weighted by molar-refractivity contribution is 7.90. The molecule has 0 radical (unpaired) electrons. The lowest BCUT2D eigenvalue weighted by atomic mass is 10.1. The fraction of sp³-hybridized carbons (Fsp3) is 0.538. The molecule has 1 aromatic rings. The molecule has 1 heterocycles. The van der Waals surface area contributed by atoms with Crippen molar-refractivity contribution < 1.29 is 17.5 Å². The Hall–Kier alpha value is -0.690. The van der Waals surface area contributed by atoms with E-state index in [1.807, 2.05) is 0 Å². The Morgan fingerprint density at radius 1 is 1.40 bits per heavy atom. The van der Waals surface area contributed by atoms with Crippen LogP contribution in [-0.4, -0.2) is 32.9 Å². The van der Waals surface area contributed by atoms with Gasteiger partial charge in [0.15, 0.2) is 0 Å². The van der Waals surface area contributed by atoms with E-state index in [1.54, 1.807) is 12.1 Å². The maximum absolute atomic E-state index is 13.8. The third kappa shape index (κ3) is 2.70. The zero-order valence-corrected chi connectivity index (χ0v) is 12.3.